The Kier molecular flexibility index (Phi) is 5.95. The first kappa shape index (κ1) is 15.4. The molecule has 1 unspecified atom stereocenters. The Bertz CT molecular complexity index is 524. The maximum Gasteiger partial charge on any atom is 0.0537 e. The van der Waals surface area contributed by atoms with Crippen molar-refractivity contribution in [2.45, 2.75) is 31.3 Å². The molecule has 0 saturated carbocycles. The van der Waals surface area contributed by atoms with E-state index in [1.54, 1.807) is 0 Å². The van der Waals surface area contributed by atoms with Gasteiger partial charge in [-0.3, -0.25) is 4.68 Å². The van der Waals surface area contributed by atoms with Gasteiger partial charge in [-0.25, -0.2) is 0 Å². The van der Waals surface area contributed by atoms with Crippen LogP contribution in [0.15, 0.2) is 41.6 Å². The lowest BCUT2D eigenvalue weighted by Gasteiger charge is -2.16. The van der Waals surface area contributed by atoms with Crippen molar-refractivity contribution in [1.82, 2.24) is 15.1 Å². The van der Waals surface area contributed by atoms with Gasteiger partial charge in [-0.05, 0) is 37.7 Å². The lowest BCUT2D eigenvalue weighted by Crippen LogP contribution is -2.22. The minimum Gasteiger partial charge on any atom is -0.309 e. The minimum atomic E-state index is 0.320. The number of rotatable bonds is 7. The molecule has 0 spiro atoms. The highest BCUT2D eigenvalue weighted by molar-refractivity contribution is 7.99. The van der Waals surface area contributed by atoms with Crippen molar-refractivity contribution in [2.75, 3.05) is 12.3 Å². The highest BCUT2D eigenvalue weighted by atomic mass is 35.5. The molecule has 5 heteroatoms. The van der Waals surface area contributed by atoms with Gasteiger partial charge in [-0.15, -0.1) is 11.8 Å². The molecule has 108 valence electrons. The SMILES string of the molecule is CCNC(CSc1ccc(Cl)cc1)c1cnn(CC)c1. The Balaban J connectivity index is 2.00. The molecule has 0 saturated heterocycles. The summed E-state index contributed by atoms with van der Waals surface area (Å²) in [5.41, 5.74) is 1.25. The van der Waals surface area contributed by atoms with Crippen molar-refractivity contribution in [3.05, 3.63) is 47.2 Å². The highest BCUT2D eigenvalue weighted by Gasteiger charge is 2.12. The summed E-state index contributed by atoms with van der Waals surface area (Å²) in [6, 6.07) is 8.31. The molecule has 2 rings (SSSR count). The first-order valence-corrected chi connectivity index (χ1v) is 8.23. The first-order valence-electron chi connectivity index (χ1n) is 6.87. The molecule has 20 heavy (non-hydrogen) atoms. The average molecular weight is 310 g/mol. The van der Waals surface area contributed by atoms with Gasteiger partial charge in [-0.2, -0.15) is 5.10 Å². The van der Waals surface area contributed by atoms with Crippen LogP contribution < -0.4 is 5.32 Å². The molecular weight excluding hydrogens is 290 g/mol. The fourth-order valence-electron chi connectivity index (χ4n) is 1.96. The zero-order valence-corrected chi connectivity index (χ0v) is 13.4. The van der Waals surface area contributed by atoms with Gasteiger partial charge >= 0.3 is 0 Å². The number of nitrogens with one attached hydrogen (secondary N) is 1. The van der Waals surface area contributed by atoms with Crippen LogP contribution in [-0.4, -0.2) is 22.1 Å². The third-order valence-corrected chi connectivity index (χ3v) is 4.42. The van der Waals surface area contributed by atoms with Crippen LogP contribution >= 0.6 is 23.4 Å². The van der Waals surface area contributed by atoms with Crippen LogP contribution in [-0.2, 0) is 6.54 Å². The second-order valence-corrected chi connectivity index (χ2v) is 6.03. The summed E-state index contributed by atoms with van der Waals surface area (Å²) in [6.07, 6.45) is 4.08. The molecule has 0 radical (unpaired) electrons. The molecule has 0 fully saturated rings. The smallest absolute Gasteiger partial charge is 0.0537 e. The van der Waals surface area contributed by atoms with E-state index in [4.69, 9.17) is 11.6 Å². The van der Waals surface area contributed by atoms with Crippen molar-refractivity contribution in [1.29, 1.82) is 0 Å². The molecule has 1 N–H and O–H groups in total. The van der Waals surface area contributed by atoms with E-state index in [1.807, 2.05) is 34.8 Å². The number of thioether (sulfide) groups is 1. The average Bonchev–Trinajstić information content (AvgIpc) is 2.94. The Morgan fingerprint density at radius 1 is 1.30 bits per heavy atom. The lowest BCUT2D eigenvalue weighted by atomic mass is 10.2. The normalized spacial score (nSPS) is 12.6. The number of hydrogen-bond acceptors (Lipinski definition) is 3. The maximum atomic E-state index is 5.91. The predicted molar refractivity (Wildman–Crippen MR) is 86.5 cm³/mol. The molecule has 2 aromatic rings. The summed E-state index contributed by atoms with van der Waals surface area (Å²) in [7, 11) is 0. The van der Waals surface area contributed by atoms with E-state index in [0.717, 1.165) is 23.9 Å². The Morgan fingerprint density at radius 3 is 2.65 bits per heavy atom. The molecule has 1 aromatic carbocycles. The number of hydrogen-bond donors (Lipinski definition) is 1. The fraction of sp³-hybridized carbons (Fsp3) is 0.400. The van der Waals surface area contributed by atoms with Crippen molar-refractivity contribution in [2.24, 2.45) is 0 Å². The first-order chi connectivity index (χ1) is 9.72. The van der Waals surface area contributed by atoms with Crippen molar-refractivity contribution in [3.63, 3.8) is 0 Å². The van der Waals surface area contributed by atoms with Crippen LogP contribution in [0.2, 0.25) is 5.02 Å². The maximum absolute atomic E-state index is 5.91. The topological polar surface area (TPSA) is 29.9 Å². The summed E-state index contributed by atoms with van der Waals surface area (Å²) in [5, 5.41) is 8.65. The van der Waals surface area contributed by atoms with Gasteiger partial charge in [0.15, 0.2) is 0 Å². The summed E-state index contributed by atoms with van der Waals surface area (Å²) in [4.78, 5) is 1.24. The monoisotopic (exact) mass is 309 g/mol. The Hall–Kier alpha value is -0.970. The predicted octanol–water partition coefficient (Wildman–Crippen LogP) is 4.00. The second kappa shape index (κ2) is 7.72. The van der Waals surface area contributed by atoms with Gasteiger partial charge in [0.05, 0.1) is 6.20 Å². The van der Waals surface area contributed by atoms with Gasteiger partial charge in [0.2, 0.25) is 0 Å². The third-order valence-electron chi connectivity index (χ3n) is 3.06. The van der Waals surface area contributed by atoms with Crippen LogP contribution in [0.1, 0.15) is 25.5 Å². The van der Waals surface area contributed by atoms with Crippen LogP contribution in [0.4, 0.5) is 0 Å². The summed E-state index contributed by atoms with van der Waals surface area (Å²) in [5.74, 6) is 0.977. The molecule has 1 aromatic heterocycles. The molecule has 1 atom stereocenters. The lowest BCUT2D eigenvalue weighted by molar-refractivity contribution is 0.603. The number of aryl methyl sites for hydroxylation is 1. The van der Waals surface area contributed by atoms with E-state index < -0.39 is 0 Å². The molecular formula is C15H20ClN3S. The van der Waals surface area contributed by atoms with E-state index in [2.05, 4.69) is 42.6 Å². The van der Waals surface area contributed by atoms with Gasteiger partial charge in [-0.1, -0.05) is 18.5 Å². The van der Waals surface area contributed by atoms with E-state index in [-0.39, 0.29) is 0 Å². The summed E-state index contributed by atoms with van der Waals surface area (Å²) < 4.78 is 1.96. The summed E-state index contributed by atoms with van der Waals surface area (Å²) >= 11 is 7.74. The number of benzene rings is 1. The van der Waals surface area contributed by atoms with E-state index in [0.29, 0.717) is 6.04 Å². The zero-order chi connectivity index (χ0) is 14.4. The molecule has 0 aliphatic carbocycles. The molecule has 1 heterocycles. The quantitative estimate of drug-likeness (QED) is 0.784. The van der Waals surface area contributed by atoms with Crippen molar-refractivity contribution in [3.8, 4) is 0 Å². The standard InChI is InChI=1S/C15H20ClN3S/c1-3-17-15(12-9-18-19(4-2)10-12)11-20-14-7-5-13(16)6-8-14/h5-10,15,17H,3-4,11H2,1-2H3. The van der Waals surface area contributed by atoms with Crippen LogP contribution in [0, 0.1) is 0 Å². The molecule has 0 bridgehead atoms. The molecule has 0 aliphatic rings. The third kappa shape index (κ3) is 4.27. The zero-order valence-electron chi connectivity index (χ0n) is 11.8. The fourth-order valence-corrected chi connectivity index (χ4v) is 3.09. The number of halogens is 1. The van der Waals surface area contributed by atoms with Gasteiger partial charge < -0.3 is 5.32 Å². The van der Waals surface area contributed by atoms with E-state index >= 15 is 0 Å². The Labute approximate surface area is 129 Å². The molecule has 0 aliphatic heterocycles. The number of aromatic nitrogens is 2. The molecule has 0 amide bonds. The van der Waals surface area contributed by atoms with Crippen molar-refractivity contribution >= 4 is 23.4 Å². The van der Waals surface area contributed by atoms with E-state index in [9.17, 15) is 0 Å². The van der Waals surface area contributed by atoms with Gasteiger partial charge in [0.1, 0.15) is 0 Å². The Morgan fingerprint density at radius 2 is 2.05 bits per heavy atom. The molecule has 3 nitrogen and oxygen atoms in total. The van der Waals surface area contributed by atoms with Crippen LogP contribution in [0.25, 0.3) is 0 Å². The van der Waals surface area contributed by atoms with E-state index in [1.165, 1.54) is 10.5 Å². The largest absolute Gasteiger partial charge is 0.309 e. The second-order valence-electron chi connectivity index (χ2n) is 4.50. The number of nitrogens with zero attached hydrogens (tertiary/aromatic N) is 2. The highest BCUT2D eigenvalue weighted by Crippen LogP contribution is 2.25. The van der Waals surface area contributed by atoms with Gasteiger partial charge in [0.25, 0.3) is 0 Å². The summed E-state index contributed by atoms with van der Waals surface area (Å²) in [6.45, 7) is 6.08. The van der Waals surface area contributed by atoms with Crippen molar-refractivity contribution < 1.29 is 0 Å². The van der Waals surface area contributed by atoms with Gasteiger partial charge in [0, 0.05) is 40.0 Å². The van der Waals surface area contributed by atoms with Crippen LogP contribution in [0.5, 0.6) is 0 Å². The van der Waals surface area contributed by atoms with Crippen LogP contribution in [0.3, 0.4) is 0 Å². The minimum absolute atomic E-state index is 0.320.